The molecule has 1 amide bonds. The third-order valence-corrected chi connectivity index (χ3v) is 3.15. The van der Waals surface area contributed by atoms with Gasteiger partial charge in [0.05, 0.1) is 18.8 Å². The lowest BCUT2D eigenvalue weighted by molar-refractivity contribution is 0.0123. The van der Waals surface area contributed by atoms with Gasteiger partial charge in [-0.05, 0) is 44.9 Å². The number of aliphatic hydroxyl groups is 2. The molecule has 0 aliphatic rings. The molecule has 0 aliphatic carbocycles. The Balaban J connectivity index is 2.48. The molecule has 3 N–H and O–H groups in total. The number of carbonyl (C=O) groups is 2. The highest BCUT2D eigenvalue weighted by atomic mass is 16.6. The van der Waals surface area contributed by atoms with Crippen LogP contribution >= 0.6 is 0 Å². The number of esters is 1. The van der Waals surface area contributed by atoms with E-state index in [-0.39, 0.29) is 13.0 Å². The van der Waals surface area contributed by atoms with E-state index in [1.54, 1.807) is 32.9 Å². The molecular weight excluding hydrogens is 314 g/mol. The molecule has 2 unspecified atom stereocenters. The Bertz CT molecular complexity index is 549. The summed E-state index contributed by atoms with van der Waals surface area (Å²) in [6.45, 7) is 5.42. The summed E-state index contributed by atoms with van der Waals surface area (Å²) in [6.07, 6.45) is -2.62. The number of benzene rings is 1. The highest BCUT2D eigenvalue weighted by Crippen LogP contribution is 2.19. The Kier molecular flexibility index (Phi) is 7.18. The minimum Gasteiger partial charge on any atom is -0.465 e. The number of methoxy groups -OCH3 is 1. The van der Waals surface area contributed by atoms with Crippen molar-refractivity contribution < 1.29 is 29.3 Å². The smallest absolute Gasteiger partial charge is 0.407 e. The second kappa shape index (κ2) is 8.65. The van der Waals surface area contributed by atoms with Crippen molar-refractivity contribution in [2.24, 2.45) is 0 Å². The monoisotopic (exact) mass is 339 g/mol. The molecule has 0 heterocycles. The Morgan fingerprint density at radius 2 is 1.75 bits per heavy atom. The van der Waals surface area contributed by atoms with Gasteiger partial charge in [0.2, 0.25) is 0 Å². The summed E-state index contributed by atoms with van der Waals surface area (Å²) in [5.74, 6) is -0.474. The van der Waals surface area contributed by atoms with Crippen molar-refractivity contribution >= 4 is 12.1 Å². The number of hydrogen-bond donors (Lipinski definition) is 3. The number of rotatable bonds is 6. The van der Waals surface area contributed by atoms with E-state index in [0.717, 1.165) is 0 Å². The van der Waals surface area contributed by atoms with Crippen LogP contribution in [-0.2, 0) is 9.47 Å². The number of alkyl carbamates (subject to hydrolysis) is 1. The van der Waals surface area contributed by atoms with E-state index in [2.05, 4.69) is 10.1 Å². The SMILES string of the molecule is COC(=O)c1ccc(C(O)C(O)CCNC(=O)OC(C)(C)C)cc1. The third kappa shape index (κ3) is 6.55. The Hall–Kier alpha value is -2.12. The number of carbonyl (C=O) groups excluding carboxylic acids is 2. The van der Waals surface area contributed by atoms with Crippen LogP contribution in [0.4, 0.5) is 4.79 Å². The molecule has 7 heteroatoms. The van der Waals surface area contributed by atoms with Gasteiger partial charge in [0.1, 0.15) is 11.7 Å². The van der Waals surface area contributed by atoms with Crippen LogP contribution in [0.1, 0.15) is 49.2 Å². The van der Waals surface area contributed by atoms with E-state index in [1.807, 2.05) is 0 Å². The molecule has 0 radical (unpaired) electrons. The van der Waals surface area contributed by atoms with E-state index in [0.29, 0.717) is 11.1 Å². The average molecular weight is 339 g/mol. The van der Waals surface area contributed by atoms with Crippen LogP contribution in [0.3, 0.4) is 0 Å². The van der Waals surface area contributed by atoms with Crippen LogP contribution in [0.5, 0.6) is 0 Å². The zero-order valence-electron chi connectivity index (χ0n) is 14.4. The molecular formula is C17H25NO6. The van der Waals surface area contributed by atoms with Gasteiger partial charge in [-0.2, -0.15) is 0 Å². The molecule has 0 fully saturated rings. The maximum atomic E-state index is 11.5. The first-order chi connectivity index (χ1) is 11.1. The quantitative estimate of drug-likeness (QED) is 0.682. The van der Waals surface area contributed by atoms with Gasteiger partial charge in [-0.3, -0.25) is 0 Å². The van der Waals surface area contributed by atoms with Crippen LogP contribution in [0.15, 0.2) is 24.3 Å². The summed E-state index contributed by atoms with van der Waals surface area (Å²) in [5.41, 5.74) is 0.228. The number of nitrogens with one attached hydrogen (secondary N) is 1. The van der Waals surface area contributed by atoms with Crippen molar-refractivity contribution in [2.75, 3.05) is 13.7 Å². The van der Waals surface area contributed by atoms with Gasteiger partial charge in [-0.25, -0.2) is 9.59 Å². The molecule has 0 bridgehead atoms. The summed E-state index contributed by atoms with van der Waals surface area (Å²) in [5, 5.41) is 22.6. The molecule has 24 heavy (non-hydrogen) atoms. The average Bonchev–Trinajstić information content (AvgIpc) is 2.51. The highest BCUT2D eigenvalue weighted by molar-refractivity contribution is 5.89. The van der Waals surface area contributed by atoms with E-state index in [1.165, 1.54) is 19.2 Å². The first kappa shape index (κ1) is 19.9. The second-order valence-corrected chi connectivity index (χ2v) is 6.34. The Labute approximate surface area is 141 Å². The third-order valence-electron chi connectivity index (χ3n) is 3.15. The molecule has 7 nitrogen and oxygen atoms in total. The zero-order chi connectivity index (χ0) is 18.3. The minimum atomic E-state index is -1.13. The number of aliphatic hydroxyl groups excluding tert-OH is 2. The van der Waals surface area contributed by atoms with Crippen LogP contribution in [-0.4, -0.2) is 47.6 Å². The maximum Gasteiger partial charge on any atom is 0.407 e. The van der Waals surface area contributed by atoms with Crippen molar-refractivity contribution in [2.45, 2.75) is 45.0 Å². The molecule has 0 spiro atoms. The van der Waals surface area contributed by atoms with Crippen molar-refractivity contribution in [1.82, 2.24) is 5.32 Å². The molecule has 0 aromatic heterocycles. The molecule has 1 aromatic rings. The highest BCUT2D eigenvalue weighted by Gasteiger charge is 2.20. The zero-order valence-corrected chi connectivity index (χ0v) is 14.4. The minimum absolute atomic E-state index is 0.152. The topological polar surface area (TPSA) is 105 Å². The van der Waals surface area contributed by atoms with Gasteiger partial charge in [-0.1, -0.05) is 12.1 Å². The van der Waals surface area contributed by atoms with Crippen LogP contribution in [0, 0.1) is 0 Å². The van der Waals surface area contributed by atoms with E-state index >= 15 is 0 Å². The molecule has 134 valence electrons. The van der Waals surface area contributed by atoms with Gasteiger partial charge < -0.3 is 25.0 Å². The van der Waals surface area contributed by atoms with Gasteiger partial charge in [0.25, 0.3) is 0 Å². The van der Waals surface area contributed by atoms with Gasteiger partial charge >= 0.3 is 12.1 Å². The fourth-order valence-corrected chi connectivity index (χ4v) is 1.95. The second-order valence-electron chi connectivity index (χ2n) is 6.34. The molecule has 1 aromatic carbocycles. The standard InChI is InChI=1S/C17H25NO6/c1-17(2,3)24-16(22)18-10-9-13(19)14(20)11-5-7-12(8-6-11)15(21)23-4/h5-8,13-14,19-20H,9-10H2,1-4H3,(H,18,22). The molecule has 0 saturated heterocycles. The van der Waals surface area contributed by atoms with E-state index in [4.69, 9.17) is 4.74 Å². The van der Waals surface area contributed by atoms with E-state index < -0.39 is 29.9 Å². The largest absolute Gasteiger partial charge is 0.465 e. The molecule has 2 atom stereocenters. The number of hydrogen-bond acceptors (Lipinski definition) is 6. The van der Waals surface area contributed by atoms with Crippen molar-refractivity contribution in [3.63, 3.8) is 0 Å². The van der Waals surface area contributed by atoms with Crippen molar-refractivity contribution in [1.29, 1.82) is 0 Å². The van der Waals surface area contributed by atoms with Gasteiger partial charge in [0, 0.05) is 6.54 Å². The fraction of sp³-hybridized carbons (Fsp3) is 0.529. The summed E-state index contributed by atoms with van der Waals surface area (Å²) in [4.78, 5) is 22.8. The Morgan fingerprint density at radius 1 is 1.17 bits per heavy atom. The summed E-state index contributed by atoms with van der Waals surface area (Å²) in [7, 11) is 1.28. The van der Waals surface area contributed by atoms with Crippen LogP contribution in [0.25, 0.3) is 0 Å². The molecule has 1 rings (SSSR count). The first-order valence-electron chi connectivity index (χ1n) is 7.65. The van der Waals surface area contributed by atoms with Crippen molar-refractivity contribution in [3.8, 4) is 0 Å². The lowest BCUT2D eigenvalue weighted by Gasteiger charge is -2.21. The predicted molar refractivity (Wildman–Crippen MR) is 87.6 cm³/mol. The predicted octanol–water partition coefficient (Wildman–Crippen LogP) is 1.78. The summed E-state index contributed by atoms with van der Waals surface area (Å²) >= 11 is 0. The maximum absolute atomic E-state index is 11.5. The number of amides is 1. The molecule has 0 saturated carbocycles. The van der Waals surface area contributed by atoms with Crippen LogP contribution in [0.2, 0.25) is 0 Å². The normalized spacial score (nSPS) is 13.8. The summed E-state index contributed by atoms with van der Waals surface area (Å²) in [6, 6.07) is 6.11. The summed E-state index contributed by atoms with van der Waals surface area (Å²) < 4.78 is 9.66. The first-order valence-corrected chi connectivity index (χ1v) is 7.65. The van der Waals surface area contributed by atoms with Gasteiger partial charge in [0.15, 0.2) is 0 Å². The Morgan fingerprint density at radius 3 is 2.25 bits per heavy atom. The molecule has 0 aliphatic heterocycles. The van der Waals surface area contributed by atoms with Gasteiger partial charge in [-0.15, -0.1) is 0 Å². The lowest BCUT2D eigenvalue weighted by Crippen LogP contribution is -2.34. The van der Waals surface area contributed by atoms with Crippen molar-refractivity contribution in [3.05, 3.63) is 35.4 Å². The lowest BCUT2D eigenvalue weighted by atomic mass is 10.0. The number of ether oxygens (including phenoxy) is 2. The fourth-order valence-electron chi connectivity index (χ4n) is 1.95. The van der Waals surface area contributed by atoms with E-state index in [9.17, 15) is 19.8 Å². The van der Waals surface area contributed by atoms with Crippen LogP contribution < -0.4 is 5.32 Å².